The molecule has 1 aliphatic heterocycles. The largest absolute Gasteiger partial charge is 0.488 e. The van der Waals surface area contributed by atoms with Crippen molar-refractivity contribution in [3.05, 3.63) is 59.1 Å². The highest BCUT2D eigenvalue weighted by atomic mass is 35.5. The number of halogens is 1. The standard InChI is InChI=1S/C19H20ClNO6S/c20-17-6-1-2-7-18(17)26-12-13-27-19(22)15-4-3-5-16(14-15)28(23,24)21-8-10-25-11-9-21/h1-7,14H,8-13H2. The topological polar surface area (TPSA) is 82.1 Å². The minimum absolute atomic E-state index is 0.00446. The van der Waals surface area contributed by atoms with Crippen LogP contribution in [-0.2, 0) is 19.5 Å². The summed E-state index contributed by atoms with van der Waals surface area (Å²) in [5.41, 5.74) is 0.159. The Morgan fingerprint density at radius 2 is 1.82 bits per heavy atom. The van der Waals surface area contributed by atoms with Crippen LogP contribution >= 0.6 is 11.6 Å². The molecule has 7 nitrogen and oxygen atoms in total. The fourth-order valence-electron chi connectivity index (χ4n) is 2.65. The summed E-state index contributed by atoms with van der Waals surface area (Å²) < 4.78 is 42.6. The maximum Gasteiger partial charge on any atom is 0.338 e. The Bertz CT molecular complexity index is 928. The first-order valence-corrected chi connectivity index (χ1v) is 10.5. The molecule has 1 saturated heterocycles. The van der Waals surface area contributed by atoms with Crippen LogP contribution in [-0.4, -0.2) is 58.2 Å². The minimum Gasteiger partial charge on any atom is -0.488 e. The third-order valence-corrected chi connectivity index (χ3v) is 6.30. The first kappa shape index (κ1) is 20.6. The van der Waals surface area contributed by atoms with Crippen LogP contribution in [0.2, 0.25) is 5.02 Å². The average molecular weight is 426 g/mol. The van der Waals surface area contributed by atoms with Crippen molar-refractivity contribution in [2.75, 3.05) is 39.5 Å². The fraction of sp³-hybridized carbons (Fsp3) is 0.316. The number of esters is 1. The van der Waals surface area contributed by atoms with Gasteiger partial charge in [-0.2, -0.15) is 4.31 Å². The van der Waals surface area contributed by atoms with E-state index in [1.807, 2.05) is 0 Å². The van der Waals surface area contributed by atoms with Gasteiger partial charge in [0.2, 0.25) is 10.0 Å². The summed E-state index contributed by atoms with van der Waals surface area (Å²) >= 11 is 5.98. The molecule has 0 saturated carbocycles. The molecule has 0 amide bonds. The molecule has 0 atom stereocenters. The van der Waals surface area contributed by atoms with Crippen LogP contribution in [0.4, 0.5) is 0 Å². The van der Waals surface area contributed by atoms with Gasteiger partial charge in [-0.25, -0.2) is 13.2 Å². The highest BCUT2D eigenvalue weighted by molar-refractivity contribution is 7.89. The lowest BCUT2D eigenvalue weighted by molar-refractivity contribution is 0.0450. The van der Waals surface area contributed by atoms with Gasteiger partial charge in [-0.15, -0.1) is 0 Å². The molecule has 0 radical (unpaired) electrons. The zero-order chi connectivity index (χ0) is 20.0. The number of carbonyl (C=O) groups excluding carboxylic acids is 1. The molecule has 3 rings (SSSR count). The highest BCUT2D eigenvalue weighted by Gasteiger charge is 2.27. The van der Waals surface area contributed by atoms with Gasteiger partial charge >= 0.3 is 5.97 Å². The van der Waals surface area contributed by atoms with E-state index in [-0.39, 0.29) is 36.8 Å². The van der Waals surface area contributed by atoms with E-state index in [0.29, 0.717) is 24.0 Å². The highest BCUT2D eigenvalue weighted by Crippen LogP contribution is 2.23. The zero-order valence-corrected chi connectivity index (χ0v) is 16.6. The van der Waals surface area contributed by atoms with Crippen LogP contribution in [0, 0.1) is 0 Å². The van der Waals surface area contributed by atoms with Crippen molar-refractivity contribution in [1.82, 2.24) is 4.31 Å². The number of hydrogen-bond acceptors (Lipinski definition) is 6. The van der Waals surface area contributed by atoms with Crippen LogP contribution < -0.4 is 4.74 Å². The van der Waals surface area contributed by atoms with Gasteiger partial charge in [0.1, 0.15) is 19.0 Å². The molecular formula is C19H20ClNO6S. The second kappa shape index (κ2) is 9.38. The molecular weight excluding hydrogens is 406 g/mol. The molecule has 2 aromatic carbocycles. The van der Waals surface area contributed by atoms with Crippen molar-refractivity contribution in [2.24, 2.45) is 0 Å². The second-order valence-electron chi connectivity index (χ2n) is 5.96. The molecule has 28 heavy (non-hydrogen) atoms. The average Bonchev–Trinajstić information content (AvgIpc) is 2.73. The number of rotatable bonds is 7. The normalized spacial score (nSPS) is 15.2. The van der Waals surface area contributed by atoms with Crippen LogP contribution in [0.25, 0.3) is 0 Å². The summed E-state index contributed by atoms with van der Waals surface area (Å²) in [6.45, 7) is 1.41. The van der Waals surface area contributed by atoms with Gasteiger partial charge in [-0.1, -0.05) is 29.8 Å². The maximum absolute atomic E-state index is 12.7. The Kier molecular flexibility index (Phi) is 6.90. The van der Waals surface area contributed by atoms with Crippen LogP contribution in [0.3, 0.4) is 0 Å². The van der Waals surface area contributed by atoms with Gasteiger partial charge in [0.05, 0.1) is 28.7 Å². The molecule has 0 aliphatic carbocycles. The van der Waals surface area contributed by atoms with Gasteiger partial charge in [0.25, 0.3) is 0 Å². The van der Waals surface area contributed by atoms with E-state index >= 15 is 0 Å². The smallest absolute Gasteiger partial charge is 0.338 e. The molecule has 9 heteroatoms. The Labute approximate surface area is 168 Å². The molecule has 0 unspecified atom stereocenters. The summed E-state index contributed by atoms with van der Waals surface area (Å²) in [5, 5.41) is 0.467. The molecule has 2 aromatic rings. The Morgan fingerprint density at radius 3 is 2.57 bits per heavy atom. The monoisotopic (exact) mass is 425 g/mol. The van der Waals surface area contributed by atoms with Crippen LogP contribution in [0.15, 0.2) is 53.4 Å². The van der Waals surface area contributed by atoms with Gasteiger partial charge in [-0.3, -0.25) is 0 Å². The lowest BCUT2D eigenvalue weighted by Crippen LogP contribution is -2.40. The lowest BCUT2D eigenvalue weighted by Gasteiger charge is -2.26. The summed E-state index contributed by atoms with van der Waals surface area (Å²) in [5.74, 6) is -0.124. The van der Waals surface area contributed by atoms with Crippen molar-refractivity contribution in [3.63, 3.8) is 0 Å². The van der Waals surface area contributed by atoms with Crippen molar-refractivity contribution < 1.29 is 27.4 Å². The summed E-state index contributed by atoms with van der Waals surface area (Å²) in [4.78, 5) is 12.3. The molecule has 0 N–H and O–H groups in total. The Morgan fingerprint density at radius 1 is 1.07 bits per heavy atom. The van der Waals surface area contributed by atoms with Crippen molar-refractivity contribution >= 4 is 27.6 Å². The fourth-order valence-corrected chi connectivity index (χ4v) is 4.30. The molecule has 0 aromatic heterocycles. The first-order chi connectivity index (χ1) is 13.5. The molecule has 1 fully saturated rings. The number of benzene rings is 2. The molecule has 150 valence electrons. The number of ether oxygens (including phenoxy) is 3. The van der Waals surface area contributed by atoms with E-state index in [1.165, 1.54) is 28.6 Å². The zero-order valence-electron chi connectivity index (χ0n) is 15.0. The summed E-state index contributed by atoms with van der Waals surface area (Å²) in [6.07, 6.45) is 0. The Hall–Kier alpha value is -2.13. The van der Waals surface area contributed by atoms with E-state index in [2.05, 4.69) is 0 Å². The molecule has 0 bridgehead atoms. The number of sulfonamides is 1. The molecule has 0 spiro atoms. The van der Waals surface area contributed by atoms with Gasteiger partial charge < -0.3 is 14.2 Å². The first-order valence-electron chi connectivity index (χ1n) is 8.71. The second-order valence-corrected chi connectivity index (χ2v) is 8.30. The van der Waals surface area contributed by atoms with Gasteiger partial charge in [-0.05, 0) is 30.3 Å². The third-order valence-electron chi connectivity index (χ3n) is 4.09. The SMILES string of the molecule is O=C(OCCOc1ccccc1Cl)c1cccc(S(=O)(=O)N2CCOCC2)c1. The number of morpholine rings is 1. The van der Waals surface area contributed by atoms with E-state index in [4.69, 9.17) is 25.8 Å². The quantitative estimate of drug-likeness (QED) is 0.501. The summed E-state index contributed by atoms with van der Waals surface area (Å²) in [7, 11) is -3.68. The summed E-state index contributed by atoms with van der Waals surface area (Å²) in [6, 6.07) is 12.8. The number of nitrogens with zero attached hydrogens (tertiary/aromatic N) is 1. The predicted octanol–water partition coefficient (Wildman–Crippen LogP) is 2.60. The van der Waals surface area contributed by atoms with Crippen molar-refractivity contribution in [1.29, 1.82) is 0 Å². The van der Waals surface area contributed by atoms with Crippen LogP contribution in [0.1, 0.15) is 10.4 Å². The molecule has 1 aliphatic rings. The van der Waals surface area contributed by atoms with Crippen LogP contribution in [0.5, 0.6) is 5.75 Å². The number of hydrogen-bond donors (Lipinski definition) is 0. The van der Waals surface area contributed by atoms with Gasteiger partial charge in [0, 0.05) is 13.1 Å². The van der Waals surface area contributed by atoms with E-state index in [0.717, 1.165) is 0 Å². The van der Waals surface area contributed by atoms with Gasteiger partial charge in [0.15, 0.2) is 0 Å². The number of carbonyl (C=O) groups is 1. The van der Waals surface area contributed by atoms with E-state index < -0.39 is 16.0 Å². The molecule has 1 heterocycles. The minimum atomic E-state index is -3.68. The van der Waals surface area contributed by atoms with E-state index in [1.54, 1.807) is 24.3 Å². The van der Waals surface area contributed by atoms with Crippen molar-refractivity contribution in [2.45, 2.75) is 4.90 Å². The predicted molar refractivity (Wildman–Crippen MR) is 103 cm³/mol. The third kappa shape index (κ3) is 5.02. The Balaban J connectivity index is 1.58. The van der Waals surface area contributed by atoms with E-state index in [9.17, 15) is 13.2 Å². The maximum atomic E-state index is 12.7. The number of para-hydroxylation sites is 1. The lowest BCUT2D eigenvalue weighted by atomic mass is 10.2. The van der Waals surface area contributed by atoms with Crippen molar-refractivity contribution in [3.8, 4) is 5.75 Å².